The lowest BCUT2D eigenvalue weighted by molar-refractivity contribution is -0.150. The van der Waals surface area contributed by atoms with Crippen LogP contribution in [0.4, 0.5) is 4.79 Å². The summed E-state index contributed by atoms with van der Waals surface area (Å²) < 4.78 is 5.05. The molecule has 24 heavy (non-hydrogen) atoms. The SMILES string of the molecule is CCOC(=O)[C@H]1CCCN(CC(=O)NC(=O)NC2CCCCC2)C1. The van der Waals surface area contributed by atoms with E-state index < -0.39 is 6.03 Å². The number of hydrogen-bond acceptors (Lipinski definition) is 5. The van der Waals surface area contributed by atoms with Crippen LogP contribution in [0, 0.1) is 5.92 Å². The van der Waals surface area contributed by atoms with Gasteiger partial charge in [0, 0.05) is 12.6 Å². The third-order valence-corrected chi connectivity index (χ3v) is 4.69. The van der Waals surface area contributed by atoms with E-state index in [0.29, 0.717) is 13.2 Å². The van der Waals surface area contributed by atoms with Crippen molar-refractivity contribution >= 4 is 17.9 Å². The van der Waals surface area contributed by atoms with Crippen molar-refractivity contribution in [3.05, 3.63) is 0 Å². The molecule has 136 valence electrons. The van der Waals surface area contributed by atoms with Crippen LogP contribution >= 0.6 is 0 Å². The van der Waals surface area contributed by atoms with E-state index in [1.807, 2.05) is 4.90 Å². The lowest BCUT2D eigenvalue weighted by Gasteiger charge is -2.30. The van der Waals surface area contributed by atoms with Crippen molar-refractivity contribution in [3.63, 3.8) is 0 Å². The van der Waals surface area contributed by atoms with Gasteiger partial charge in [-0.05, 0) is 39.2 Å². The summed E-state index contributed by atoms with van der Waals surface area (Å²) in [5.74, 6) is -0.701. The van der Waals surface area contributed by atoms with Crippen LogP contribution in [0.2, 0.25) is 0 Å². The molecule has 1 atom stereocenters. The Labute approximate surface area is 143 Å². The smallest absolute Gasteiger partial charge is 0.321 e. The normalized spacial score (nSPS) is 22.6. The number of amides is 3. The van der Waals surface area contributed by atoms with Gasteiger partial charge in [0.1, 0.15) is 0 Å². The Morgan fingerprint density at radius 1 is 1.08 bits per heavy atom. The van der Waals surface area contributed by atoms with E-state index in [0.717, 1.165) is 45.1 Å². The van der Waals surface area contributed by atoms with Gasteiger partial charge in [-0.3, -0.25) is 19.8 Å². The summed E-state index contributed by atoms with van der Waals surface area (Å²) in [5.41, 5.74) is 0. The minimum Gasteiger partial charge on any atom is -0.466 e. The third kappa shape index (κ3) is 6.11. The summed E-state index contributed by atoms with van der Waals surface area (Å²) in [7, 11) is 0. The molecule has 2 aliphatic rings. The van der Waals surface area contributed by atoms with Crippen molar-refractivity contribution in [1.29, 1.82) is 0 Å². The summed E-state index contributed by atoms with van der Waals surface area (Å²) in [6.45, 7) is 3.56. The molecule has 0 aromatic carbocycles. The molecule has 0 bridgehead atoms. The number of urea groups is 1. The first kappa shape index (κ1) is 18.7. The Hall–Kier alpha value is -1.63. The highest BCUT2D eigenvalue weighted by molar-refractivity contribution is 5.95. The van der Waals surface area contributed by atoms with E-state index >= 15 is 0 Å². The van der Waals surface area contributed by atoms with Crippen molar-refractivity contribution in [2.24, 2.45) is 5.92 Å². The molecule has 0 spiro atoms. The van der Waals surface area contributed by atoms with Gasteiger partial charge in [-0.1, -0.05) is 19.3 Å². The summed E-state index contributed by atoms with van der Waals surface area (Å²) in [6, 6.07) is -0.236. The maximum atomic E-state index is 12.0. The standard InChI is InChI=1S/C17H29N3O4/c1-2-24-16(22)13-7-6-10-20(11-13)12-15(21)19-17(23)18-14-8-4-3-5-9-14/h13-14H,2-12H2,1H3,(H2,18,19,21,23)/t13-/m0/s1. The van der Waals surface area contributed by atoms with Crippen LogP contribution in [0.5, 0.6) is 0 Å². The number of hydrogen-bond donors (Lipinski definition) is 2. The number of carbonyl (C=O) groups excluding carboxylic acids is 3. The van der Waals surface area contributed by atoms with Gasteiger partial charge in [-0.25, -0.2) is 4.79 Å². The van der Waals surface area contributed by atoms with Crippen LogP contribution in [0.1, 0.15) is 51.9 Å². The lowest BCUT2D eigenvalue weighted by atomic mass is 9.96. The second-order valence-corrected chi connectivity index (χ2v) is 6.68. The van der Waals surface area contributed by atoms with E-state index in [2.05, 4.69) is 10.6 Å². The van der Waals surface area contributed by atoms with E-state index in [1.54, 1.807) is 6.92 Å². The first-order valence-electron chi connectivity index (χ1n) is 9.07. The minimum absolute atomic E-state index is 0.133. The van der Waals surface area contributed by atoms with Crippen molar-refractivity contribution < 1.29 is 19.1 Å². The van der Waals surface area contributed by atoms with Gasteiger partial charge in [0.25, 0.3) is 0 Å². The molecule has 0 radical (unpaired) electrons. The van der Waals surface area contributed by atoms with Gasteiger partial charge in [0.05, 0.1) is 19.1 Å². The molecular formula is C17H29N3O4. The second kappa shape index (κ2) is 9.61. The number of nitrogens with zero attached hydrogens (tertiary/aromatic N) is 1. The van der Waals surface area contributed by atoms with E-state index in [9.17, 15) is 14.4 Å². The van der Waals surface area contributed by atoms with Gasteiger partial charge < -0.3 is 10.1 Å². The zero-order chi connectivity index (χ0) is 17.4. The van der Waals surface area contributed by atoms with Gasteiger partial charge in [-0.2, -0.15) is 0 Å². The molecule has 1 aliphatic carbocycles. The number of rotatable bonds is 5. The number of esters is 1. The van der Waals surface area contributed by atoms with Crippen molar-refractivity contribution in [1.82, 2.24) is 15.5 Å². The summed E-state index contributed by atoms with van der Waals surface area (Å²) in [5, 5.41) is 5.26. The molecule has 0 aromatic heterocycles. The number of carbonyl (C=O) groups is 3. The highest BCUT2D eigenvalue weighted by Crippen LogP contribution is 2.18. The number of imide groups is 1. The first-order valence-corrected chi connectivity index (χ1v) is 9.07. The second-order valence-electron chi connectivity index (χ2n) is 6.68. The van der Waals surface area contributed by atoms with Gasteiger partial charge in [0.2, 0.25) is 5.91 Å². The topological polar surface area (TPSA) is 87.7 Å². The monoisotopic (exact) mass is 339 g/mol. The molecule has 2 N–H and O–H groups in total. The molecule has 1 saturated heterocycles. The lowest BCUT2D eigenvalue weighted by Crippen LogP contribution is -2.49. The Morgan fingerprint density at radius 3 is 2.54 bits per heavy atom. The zero-order valence-corrected chi connectivity index (χ0v) is 14.5. The van der Waals surface area contributed by atoms with Crippen molar-refractivity contribution in [2.45, 2.75) is 57.9 Å². The fraction of sp³-hybridized carbons (Fsp3) is 0.824. The Balaban J connectivity index is 1.70. The fourth-order valence-electron chi connectivity index (χ4n) is 3.49. The highest BCUT2D eigenvalue weighted by Gasteiger charge is 2.28. The quantitative estimate of drug-likeness (QED) is 0.740. The molecule has 7 nitrogen and oxygen atoms in total. The molecule has 1 aliphatic heterocycles. The minimum atomic E-state index is -0.411. The zero-order valence-electron chi connectivity index (χ0n) is 14.5. The Morgan fingerprint density at radius 2 is 1.83 bits per heavy atom. The number of ether oxygens (including phenoxy) is 1. The van der Waals surface area contributed by atoms with E-state index in [4.69, 9.17) is 4.74 Å². The third-order valence-electron chi connectivity index (χ3n) is 4.69. The van der Waals surface area contributed by atoms with Crippen LogP contribution in [-0.2, 0) is 14.3 Å². The van der Waals surface area contributed by atoms with Crippen molar-refractivity contribution in [3.8, 4) is 0 Å². The molecule has 3 amide bonds. The average Bonchev–Trinajstić information content (AvgIpc) is 2.56. The molecule has 2 rings (SSSR count). The average molecular weight is 339 g/mol. The van der Waals surface area contributed by atoms with E-state index in [-0.39, 0.29) is 30.4 Å². The molecule has 1 saturated carbocycles. The summed E-state index contributed by atoms with van der Waals surface area (Å²) in [4.78, 5) is 37.6. The van der Waals surface area contributed by atoms with Crippen LogP contribution in [0.25, 0.3) is 0 Å². The molecule has 7 heteroatoms. The number of piperidine rings is 1. The van der Waals surface area contributed by atoms with Crippen molar-refractivity contribution in [2.75, 3.05) is 26.2 Å². The Kier molecular flexibility index (Phi) is 7.49. The van der Waals surface area contributed by atoms with Crippen LogP contribution in [0.15, 0.2) is 0 Å². The largest absolute Gasteiger partial charge is 0.466 e. The van der Waals surface area contributed by atoms with Gasteiger partial charge in [0.15, 0.2) is 0 Å². The molecule has 0 aromatic rings. The first-order chi connectivity index (χ1) is 11.6. The summed E-state index contributed by atoms with van der Waals surface area (Å²) >= 11 is 0. The van der Waals surface area contributed by atoms with Crippen LogP contribution < -0.4 is 10.6 Å². The van der Waals surface area contributed by atoms with Crippen LogP contribution in [-0.4, -0.2) is 55.1 Å². The highest BCUT2D eigenvalue weighted by atomic mass is 16.5. The molecular weight excluding hydrogens is 310 g/mol. The predicted octanol–water partition coefficient (Wildman–Crippen LogP) is 1.42. The number of nitrogens with one attached hydrogen (secondary N) is 2. The maximum Gasteiger partial charge on any atom is 0.321 e. The van der Waals surface area contributed by atoms with Gasteiger partial charge in [-0.15, -0.1) is 0 Å². The molecule has 2 fully saturated rings. The Bertz CT molecular complexity index is 449. The van der Waals surface area contributed by atoms with Gasteiger partial charge >= 0.3 is 12.0 Å². The van der Waals surface area contributed by atoms with Crippen LogP contribution in [0.3, 0.4) is 0 Å². The molecule has 0 unspecified atom stereocenters. The molecule has 1 heterocycles. The number of likely N-dealkylation sites (tertiary alicyclic amines) is 1. The fourth-order valence-corrected chi connectivity index (χ4v) is 3.49. The predicted molar refractivity (Wildman–Crippen MR) is 89.3 cm³/mol. The van der Waals surface area contributed by atoms with E-state index in [1.165, 1.54) is 6.42 Å². The summed E-state index contributed by atoms with van der Waals surface area (Å²) in [6.07, 6.45) is 7.08. The maximum absolute atomic E-state index is 12.0.